The van der Waals surface area contributed by atoms with Crippen LogP contribution in [0.3, 0.4) is 0 Å². The van der Waals surface area contributed by atoms with E-state index in [0.717, 1.165) is 54.7 Å². The van der Waals surface area contributed by atoms with E-state index < -0.39 is 0 Å². The lowest BCUT2D eigenvalue weighted by Crippen LogP contribution is -2.49. The lowest BCUT2D eigenvalue weighted by atomic mass is 10.2. The second kappa shape index (κ2) is 8.33. The predicted octanol–water partition coefficient (Wildman–Crippen LogP) is 4.16. The highest BCUT2D eigenvalue weighted by atomic mass is 32.1. The molecular formula is C21H22N4OS. The first-order valence-corrected chi connectivity index (χ1v) is 9.99. The highest BCUT2D eigenvalue weighted by Gasteiger charge is 2.21. The predicted molar refractivity (Wildman–Crippen MR) is 110 cm³/mol. The second-order valence-corrected chi connectivity index (χ2v) is 7.43. The maximum Gasteiger partial charge on any atom is 0.321 e. The van der Waals surface area contributed by atoms with Crippen LogP contribution in [0.5, 0.6) is 0 Å². The molecule has 138 valence electrons. The minimum absolute atomic E-state index is 0.0270. The van der Waals surface area contributed by atoms with Gasteiger partial charge in [0.25, 0.3) is 0 Å². The molecule has 1 fully saturated rings. The lowest BCUT2D eigenvalue weighted by Gasteiger charge is -2.34. The molecule has 0 saturated carbocycles. The maximum absolute atomic E-state index is 12.4. The number of benzene rings is 2. The Labute approximate surface area is 163 Å². The number of para-hydroxylation sites is 1. The van der Waals surface area contributed by atoms with Gasteiger partial charge in [-0.15, -0.1) is 11.3 Å². The first-order valence-electron chi connectivity index (χ1n) is 9.11. The Morgan fingerprint density at radius 3 is 2.33 bits per heavy atom. The molecule has 0 aliphatic carbocycles. The third kappa shape index (κ3) is 4.53. The maximum atomic E-state index is 12.4. The molecule has 4 rings (SSSR count). The molecule has 2 amide bonds. The summed E-state index contributed by atoms with van der Waals surface area (Å²) in [6.07, 6.45) is 0. The summed E-state index contributed by atoms with van der Waals surface area (Å²) in [4.78, 5) is 21.4. The van der Waals surface area contributed by atoms with Gasteiger partial charge in [-0.3, -0.25) is 4.90 Å². The number of piperazine rings is 1. The average Bonchev–Trinajstić information content (AvgIpc) is 3.18. The minimum Gasteiger partial charge on any atom is -0.322 e. The molecule has 27 heavy (non-hydrogen) atoms. The van der Waals surface area contributed by atoms with Gasteiger partial charge in [-0.05, 0) is 12.1 Å². The SMILES string of the molecule is O=C(Nc1ccccc1)N1CCN(Cc2csc(-c3ccccc3)n2)CC1. The number of carbonyl (C=O) groups excluding carboxylic acids is 1. The van der Waals surface area contributed by atoms with Crippen molar-refractivity contribution in [2.45, 2.75) is 6.54 Å². The summed E-state index contributed by atoms with van der Waals surface area (Å²) in [5, 5.41) is 6.15. The van der Waals surface area contributed by atoms with E-state index in [1.165, 1.54) is 0 Å². The normalized spacial score (nSPS) is 14.9. The second-order valence-electron chi connectivity index (χ2n) is 6.57. The van der Waals surface area contributed by atoms with Crippen LogP contribution in [0.1, 0.15) is 5.69 Å². The van der Waals surface area contributed by atoms with Crippen LogP contribution in [0.15, 0.2) is 66.0 Å². The molecular weight excluding hydrogens is 356 g/mol. The number of rotatable bonds is 4. The smallest absolute Gasteiger partial charge is 0.321 e. The third-order valence-electron chi connectivity index (χ3n) is 4.64. The standard InChI is InChI=1S/C21H22N4OS/c26-21(23-18-9-5-2-6-10-18)25-13-11-24(12-14-25)15-19-16-27-20(22-19)17-7-3-1-4-8-17/h1-10,16H,11-15H2,(H,23,26). The number of hydrogen-bond donors (Lipinski definition) is 1. The van der Waals surface area contributed by atoms with Gasteiger partial charge >= 0.3 is 6.03 Å². The number of amides is 2. The molecule has 5 nitrogen and oxygen atoms in total. The Morgan fingerprint density at radius 1 is 0.963 bits per heavy atom. The highest BCUT2D eigenvalue weighted by Crippen LogP contribution is 2.24. The molecule has 1 aromatic heterocycles. The van der Waals surface area contributed by atoms with Crippen molar-refractivity contribution >= 4 is 23.1 Å². The largest absolute Gasteiger partial charge is 0.322 e. The average molecular weight is 379 g/mol. The van der Waals surface area contributed by atoms with Crippen molar-refractivity contribution in [1.29, 1.82) is 0 Å². The zero-order valence-electron chi connectivity index (χ0n) is 15.0. The molecule has 0 radical (unpaired) electrons. The number of urea groups is 1. The van der Waals surface area contributed by atoms with Crippen LogP contribution in [0.4, 0.5) is 10.5 Å². The summed E-state index contributed by atoms with van der Waals surface area (Å²) in [6, 6.07) is 19.8. The van der Waals surface area contributed by atoms with Gasteiger partial charge in [-0.2, -0.15) is 0 Å². The van der Waals surface area contributed by atoms with Crippen molar-refractivity contribution in [2.75, 3.05) is 31.5 Å². The number of carbonyl (C=O) groups is 1. The molecule has 0 unspecified atom stereocenters. The van der Waals surface area contributed by atoms with Crippen molar-refractivity contribution in [3.63, 3.8) is 0 Å². The first-order chi connectivity index (χ1) is 13.3. The van der Waals surface area contributed by atoms with E-state index >= 15 is 0 Å². The summed E-state index contributed by atoms with van der Waals surface area (Å²) >= 11 is 1.69. The molecule has 1 saturated heterocycles. The lowest BCUT2D eigenvalue weighted by molar-refractivity contribution is 0.142. The zero-order chi connectivity index (χ0) is 18.5. The molecule has 0 spiro atoms. The Morgan fingerprint density at radius 2 is 1.63 bits per heavy atom. The Hall–Kier alpha value is -2.70. The van der Waals surface area contributed by atoms with Crippen molar-refractivity contribution in [3.05, 3.63) is 71.7 Å². The van der Waals surface area contributed by atoms with E-state index in [4.69, 9.17) is 4.98 Å². The van der Waals surface area contributed by atoms with Gasteiger partial charge in [-0.1, -0.05) is 48.5 Å². The van der Waals surface area contributed by atoms with Crippen LogP contribution in [0.2, 0.25) is 0 Å². The first kappa shape index (κ1) is 17.7. The topological polar surface area (TPSA) is 48.5 Å². The van der Waals surface area contributed by atoms with Crippen LogP contribution < -0.4 is 5.32 Å². The van der Waals surface area contributed by atoms with Crippen molar-refractivity contribution in [1.82, 2.24) is 14.8 Å². The van der Waals surface area contributed by atoms with Gasteiger partial charge in [0, 0.05) is 49.4 Å². The number of nitrogens with zero attached hydrogens (tertiary/aromatic N) is 3. The van der Waals surface area contributed by atoms with Crippen molar-refractivity contribution < 1.29 is 4.79 Å². The number of anilines is 1. The molecule has 2 aromatic carbocycles. The number of nitrogens with one attached hydrogen (secondary N) is 1. The van der Waals surface area contributed by atoms with Gasteiger partial charge in [0.2, 0.25) is 0 Å². The Balaban J connectivity index is 1.28. The minimum atomic E-state index is -0.0270. The van der Waals surface area contributed by atoms with Crippen LogP contribution in [0, 0.1) is 0 Å². The van der Waals surface area contributed by atoms with E-state index in [0.29, 0.717) is 0 Å². The van der Waals surface area contributed by atoms with Crippen molar-refractivity contribution in [2.24, 2.45) is 0 Å². The molecule has 1 N–H and O–H groups in total. The molecule has 0 bridgehead atoms. The van der Waals surface area contributed by atoms with E-state index in [1.807, 2.05) is 53.4 Å². The Bertz CT molecular complexity index is 873. The fourth-order valence-electron chi connectivity index (χ4n) is 3.16. The van der Waals surface area contributed by atoms with Crippen LogP contribution in [-0.2, 0) is 6.54 Å². The summed E-state index contributed by atoms with van der Waals surface area (Å²) in [7, 11) is 0. The fourth-order valence-corrected chi connectivity index (χ4v) is 3.97. The molecule has 1 aliphatic rings. The van der Waals surface area contributed by atoms with E-state index in [1.54, 1.807) is 11.3 Å². The van der Waals surface area contributed by atoms with Gasteiger partial charge in [-0.25, -0.2) is 9.78 Å². The molecule has 0 atom stereocenters. The summed E-state index contributed by atoms with van der Waals surface area (Å²) < 4.78 is 0. The quantitative estimate of drug-likeness (QED) is 0.742. The molecule has 3 aromatic rings. The fraction of sp³-hybridized carbons (Fsp3) is 0.238. The van der Waals surface area contributed by atoms with Crippen LogP contribution in [0.25, 0.3) is 10.6 Å². The molecule has 1 aliphatic heterocycles. The summed E-state index contributed by atoms with van der Waals surface area (Å²) in [5.74, 6) is 0. The van der Waals surface area contributed by atoms with Crippen LogP contribution in [-0.4, -0.2) is 47.0 Å². The third-order valence-corrected chi connectivity index (χ3v) is 5.58. The number of aromatic nitrogens is 1. The zero-order valence-corrected chi connectivity index (χ0v) is 15.9. The van der Waals surface area contributed by atoms with Gasteiger partial charge in [0.15, 0.2) is 0 Å². The number of thiazole rings is 1. The monoisotopic (exact) mass is 378 g/mol. The van der Waals surface area contributed by atoms with Gasteiger partial charge < -0.3 is 10.2 Å². The van der Waals surface area contributed by atoms with Gasteiger partial charge in [0.05, 0.1) is 5.69 Å². The van der Waals surface area contributed by atoms with E-state index in [-0.39, 0.29) is 6.03 Å². The van der Waals surface area contributed by atoms with E-state index in [9.17, 15) is 4.79 Å². The highest BCUT2D eigenvalue weighted by molar-refractivity contribution is 7.13. The van der Waals surface area contributed by atoms with E-state index in [2.05, 4.69) is 27.7 Å². The summed E-state index contributed by atoms with van der Waals surface area (Å²) in [6.45, 7) is 4.01. The molecule has 2 heterocycles. The van der Waals surface area contributed by atoms with Crippen molar-refractivity contribution in [3.8, 4) is 10.6 Å². The number of hydrogen-bond acceptors (Lipinski definition) is 4. The van der Waals surface area contributed by atoms with Gasteiger partial charge in [0.1, 0.15) is 5.01 Å². The molecule has 6 heteroatoms. The van der Waals surface area contributed by atoms with Crippen LogP contribution >= 0.6 is 11.3 Å². The summed E-state index contributed by atoms with van der Waals surface area (Å²) in [5.41, 5.74) is 3.10. The Kier molecular flexibility index (Phi) is 5.46.